The van der Waals surface area contributed by atoms with E-state index in [4.69, 9.17) is 14.5 Å². The third kappa shape index (κ3) is 5.02. The summed E-state index contributed by atoms with van der Waals surface area (Å²) in [6, 6.07) is 18.9. The quantitative estimate of drug-likeness (QED) is 0.275. The molecule has 0 radical (unpaired) electrons. The van der Waals surface area contributed by atoms with Gasteiger partial charge in [-0.3, -0.25) is 0 Å². The van der Waals surface area contributed by atoms with Gasteiger partial charge >= 0.3 is 0 Å². The summed E-state index contributed by atoms with van der Waals surface area (Å²) in [6.45, 7) is 5.54. The van der Waals surface area contributed by atoms with E-state index in [0.717, 1.165) is 49.7 Å². The van der Waals surface area contributed by atoms with Crippen molar-refractivity contribution in [1.82, 2.24) is 4.98 Å². The Labute approximate surface area is 195 Å². The third-order valence-corrected chi connectivity index (χ3v) is 6.57. The number of methoxy groups -OCH3 is 1. The van der Waals surface area contributed by atoms with Crippen molar-refractivity contribution >= 4 is 43.2 Å². The minimum absolute atomic E-state index is 0.660. The van der Waals surface area contributed by atoms with Crippen LogP contribution in [-0.2, 0) is 6.54 Å². The molecule has 0 aliphatic rings. The predicted molar refractivity (Wildman–Crippen MR) is 134 cm³/mol. The lowest BCUT2D eigenvalue weighted by molar-refractivity contribution is 0.292. The van der Waals surface area contributed by atoms with Crippen LogP contribution in [0.1, 0.15) is 24.5 Å². The molecule has 6 heteroatoms. The first kappa shape index (κ1) is 21.7. The maximum absolute atomic E-state index is 5.81. The highest BCUT2D eigenvalue weighted by atomic mass is 79.9. The highest BCUT2D eigenvalue weighted by molar-refractivity contribution is 9.10. The highest BCUT2D eigenvalue weighted by Gasteiger charge is 2.12. The van der Waals surface area contributed by atoms with Crippen LogP contribution >= 0.6 is 27.3 Å². The number of ether oxygens (including phenoxy) is 2. The monoisotopic (exact) mass is 496 g/mol. The molecule has 0 amide bonds. The summed E-state index contributed by atoms with van der Waals surface area (Å²) in [5.41, 5.74) is 5.61. The smallest absolute Gasteiger partial charge is 0.175 e. The number of benzene rings is 3. The first-order chi connectivity index (χ1) is 15.1. The Balaban J connectivity index is 1.46. The summed E-state index contributed by atoms with van der Waals surface area (Å²) >= 11 is 5.34. The Morgan fingerprint density at radius 3 is 2.61 bits per heavy atom. The second kappa shape index (κ2) is 9.71. The molecule has 4 rings (SSSR count). The van der Waals surface area contributed by atoms with Crippen molar-refractivity contribution in [1.29, 1.82) is 0 Å². The number of hydrogen-bond acceptors (Lipinski definition) is 5. The number of aryl methyl sites for hydroxylation is 1. The molecule has 1 N–H and O–H groups in total. The first-order valence-corrected chi connectivity index (χ1v) is 11.9. The van der Waals surface area contributed by atoms with E-state index >= 15 is 0 Å². The second-order valence-corrected chi connectivity index (χ2v) is 9.26. The van der Waals surface area contributed by atoms with Gasteiger partial charge in [0.1, 0.15) is 5.01 Å². The lowest BCUT2D eigenvalue weighted by Gasteiger charge is -2.14. The molecule has 4 nitrogen and oxygen atoms in total. The molecule has 1 heterocycles. The zero-order chi connectivity index (χ0) is 21.8. The Morgan fingerprint density at radius 1 is 1.06 bits per heavy atom. The molecule has 0 spiro atoms. The van der Waals surface area contributed by atoms with Crippen LogP contribution in [0.15, 0.2) is 59.1 Å². The van der Waals surface area contributed by atoms with E-state index in [9.17, 15) is 0 Å². The van der Waals surface area contributed by atoms with Crippen LogP contribution in [0.5, 0.6) is 11.5 Å². The summed E-state index contributed by atoms with van der Waals surface area (Å²) < 4.78 is 13.5. The van der Waals surface area contributed by atoms with Crippen molar-refractivity contribution < 1.29 is 9.47 Å². The minimum atomic E-state index is 0.660. The minimum Gasteiger partial charge on any atom is -0.493 e. The zero-order valence-electron chi connectivity index (χ0n) is 17.9. The summed E-state index contributed by atoms with van der Waals surface area (Å²) in [6.07, 6.45) is 0.950. The van der Waals surface area contributed by atoms with Gasteiger partial charge in [0.25, 0.3) is 0 Å². The fraction of sp³-hybridized carbons (Fsp3) is 0.240. The zero-order valence-corrected chi connectivity index (χ0v) is 20.3. The average molecular weight is 497 g/mol. The van der Waals surface area contributed by atoms with Gasteiger partial charge in [-0.05, 0) is 88.9 Å². The largest absolute Gasteiger partial charge is 0.493 e. The van der Waals surface area contributed by atoms with Crippen molar-refractivity contribution in [3.8, 4) is 22.1 Å². The molecule has 1 aromatic heterocycles. The van der Waals surface area contributed by atoms with Gasteiger partial charge < -0.3 is 14.8 Å². The van der Waals surface area contributed by atoms with Crippen molar-refractivity contribution in [2.45, 2.75) is 26.8 Å². The highest BCUT2D eigenvalue weighted by Crippen LogP contribution is 2.37. The second-order valence-electron chi connectivity index (χ2n) is 7.38. The molecule has 3 aromatic carbocycles. The summed E-state index contributed by atoms with van der Waals surface area (Å²) in [5, 5.41) is 4.53. The molecular weight excluding hydrogens is 472 g/mol. The molecule has 0 bridgehead atoms. The van der Waals surface area contributed by atoms with Gasteiger partial charge in [0.2, 0.25) is 0 Å². The van der Waals surface area contributed by atoms with Gasteiger partial charge in [-0.2, -0.15) is 0 Å². The van der Waals surface area contributed by atoms with Crippen LogP contribution in [-0.4, -0.2) is 18.7 Å². The van der Waals surface area contributed by atoms with E-state index in [1.807, 2.05) is 6.07 Å². The Morgan fingerprint density at radius 2 is 1.87 bits per heavy atom. The van der Waals surface area contributed by atoms with E-state index in [-0.39, 0.29) is 0 Å². The van der Waals surface area contributed by atoms with E-state index in [1.165, 1.54) is 10.3 Å². The van der Waals surface area contributed by atoms with Crippen molar-refractivity contribution in [3.63, 3.8) is 0 Å². The lowest BCUT2D eigenvalue weighted by atomic mass is 10.1. The first-order valence-electron chi connectivity index (χ1n) is 10.3. The number of halogens is 1. The van der Waals surface area contributed by atoms with E-state index < -0.39 is 0 Å². The van der Waals surface area contributed by atoms with E-state index in [0.29, 0.717) is 13.2 Å². The number of thiazole rings is 1. The van der Waals surface area contributed by atoms with Crippen LogP contribution < -0.4 is 14.8 Å². The molecule has 0 aliphatic carbocycles. The van der Waals surface area contributed by atoms with Gasteiger partial charge in [-0.1, -0.05) is 13.0 Å². The number of aromatic nitrogens is 1. The number of anilines is 1. The number of nitrogens with zero attached hydrogens (tertiary/aromatic N) is 1. The van der Waals surface area contributed by atoms with Gasteiger partial charge in [-0.25, -0.2) is 4.98 Å². The van der Waals surface area contributed by atoms with Gasteiger partial charge in [0.15, 0.2) is 11.5 Å². The summed E-state index contributed by atoms with van der Waals surface area (Å²) in [5.74, 6) is 1.49. The Kier molecular flexibility index (Phi) is 6.78. The molecule has 31 heavy (non-hydrogen) atoms. The lowest BCUT2D eigenvalue weighted by Crippen LogP contribution is -2.03. The van der Waals surface area contributed by atoms with Gasteiger partial charge in [-0.15, -0.1) is 11.3 Å². The van der Waals surface area contributed by atoms with Crippen LogP contribution in [0.3, 0.4) is 0 Å². The topological polar surface area (TPSA) is 43.4 Å². The molecular formula is C25H25BrN2O2S. The fourth-order valence-corrected chi connectivity index (χ4v) is 4.98. The third-order valence-electron chi connectivity index (χ3n) is 4.91. The number of fused-ring (bicyclic) bond motifs is 1. The molecule has 0 unspecified atom stereocenters. The van der Waals surface area contributed by atoms with Crippen LogP contribution in [0, 0.1) is 6.92 Å². The Bertz CT molecular complexity index is 1190. The number of hydrogen-bond donors (Lipinski definition) is 1. The Hall–Kier alpha value is -2.57. The maximum Gasteiger partial charge on any atom is 0.175 e. The summed E-state index contributed by atoms with van der Waals surface area (Å²) in [4.78, 5) is 4.77. The fourth-order valence-electron chi connectivity index (χ4n) is 3.31. The van der Waals surface area contributed by atoms with Crippen LogP contribution in [0.4, 0.5) is 5.69 Å². The van der Waals surface area contributed by atoms with Crippen molar-refractivity contribution in [3.05, 3.63) is 70.2 Å². The number of rotatable bonds is 8. The molecule has 0 atom stereocenters. The molecule has 0 saturated carbocycles. The van der Waals surface area contributed by atoms with Gasteiger partial charge in [0.05, 0.1) is 28.4 Å². The molecule has 0 aliphatic heterocycles. The van der Waals surface area contributed by atoms with Crippen molar-refractivity contribution in [2.75, 3.05) is 19.0 Å². The van der Waals surface area contributed by atoms with E-state index in [2.05, 4.69) is 83.6 Å². The molecule has 0 saturated heterocycles. The summed E-state index contributed by atoms with van der Waals surface area (Å²) in [7, 11) is 1.67. The normalized spacial score (nSPS) is 11.0. The predicted octanol–water partition coefficient (Wildman–Crippen LogP) is 7.44. The van der Waals surface area contributed by atoms with Crippen LogP contribution in [0.2, 0.25) is 0 Å². The SMILES string of the molecule is CCCOc1c(Br)cc(CNc2ccc(-c3nc4ccc(C)cc4s3)cc2)cc1OC. The number of nitrogens with one attached hydrogen (secondary N) is 1. The average Bonchev–Trinajstić information content (AvgIpc) is 3.20. The standard InChI is InChI=1S/C25H25BrN2O2S/c1-4-11-30-24-20(26)13-17(14-22(24)29-3)15-27-19-8-6-18(7-9-19)25-28-21-10-5-16(2)12-23(21)31-25/h5-10,12-14,27H,4,11,15H2,1-3H3. The molecule has 160 valence electrons. The van der Waals surface area contributed by atoms with Crippen LogP contribution in [0.25, 0.3) is 20.8 Å². The van der Waals surface area contributed by atoms with Gasteiger partial charge in [0, 0.05) is 17.8 Å². The maximum atomic E-state index is 5.81. The molecule has 4 aromatic rings. The molecule has 0 fully saturated rings. The van der Waals surface area contributed by atoms with E-state index in [1.54, 1.807) is 18.4 Å². The van der Waals surface area contributed by atoms with Crippen molar-refractivity contribution in [2.24, 2.45) is 0 Å².